The molecule has 8 heteroatoms. The summed E-state index contributed by atoms with van der Waals surface area (Å²) in [5, 5.41) is 14.0. The standard InChI is InChI=1S/C12H9F2N5O/c1-19-12-8(11(15)16-4-17-12)10(18-19)5-2-6(13)9(14)7(20)3-5/h2-4,20H,1H3,(H2,15,16,17). The van der Waals surface area contributed by atoms with Crippen molar-refractivity contribution in [3.63, 3.8) is 0 Å². The number of anilines is 1. The van der Waals surface area contributed by atoms with Crippen molar-refractivity contribution in [2.24, 2.45) is 7.05 Å². The first kappa shape index (κ1) is 12.3. The van der Waals surface area contributed by atoms with Crippen molar-refractivity contribution in [2.45, 2.75) is 0 Å². The molecule has 3 rings (SSSR count). The smallest absolute Gasteiger partial charge is 0.200 e. The summed E-state index contributed by atoms with van der Waals surface area (Å²) in [5.74, 6) is -3.11. The van der Waals surface area contributed by atoms with Crippen LogP contribution in [0.15, 0.2) is 18.5 Å². The summed E-state index contributed by atoms with van der Waals surface area (Å²) in [5.41, 5.74) is 6.70. The molecular weight excluding hydrogens is 268 g/mol. The van der Waals surface area contributed by atoms with Crippen LogP contribution in [0.4, 0.5) is 14.6 Å². The normalized spacial score (nSPS) is 11.2. The van der Waals surface area contributed by atoms with Gasteiger partial charge in [-0.25, -0.2) is 19.0 Å². The summed E-state index contributed by atoms with van der Waals surface area (Å²) in [6.45, 7) is 0. The highest BCUT2D eigenvalue weighted by Gasteiger charge is 2.18. The number of aryl methyl sites for hydroxylation is 1. The second kappa shape index (κ2) is 4.12. The molecule has 0 saturated carbocycles. The van der Waals surface area contributed by atoms with Crippen molar-refractivity contribution in [3.8, 4) is 17.0 Å². The van der Waals surface area contributed by atoms with Gasteiger partial charge in [-0.3, -0.25) is 0 Å². The van der Waals surface area contributed by atoms with Crippen LogP contribution < -0.4 is 5.73 Å². The van der Waals surface area contributed by atoms with Crippen molar-refractivity contribution in [1.29, 1.82) is 0 Å². The topological polar surface area (TPSA) is 89.8 Å². The van der Waals surface area contributed by atoms with E-state index in [-0.39, 0.29) is 17.1 Å². The van der Waals surface area contributed by atoms with Crippen LogP contribution >= 0.6 is 0 Å². The number of rotatable bonds is 1. The van der Waals surface area contributed by atoms with Crippen LogP contribution in [0, 0.1) is 11.6 Å². The molecule has 6 nitrogen and oxygen atoms in total. The quantitative estimate of drug-likeness (QED) is 0.705. The molecule has 0 spiro atoms. The minimum absolute atomic E-state index is 0.169. The van der Waals surface area contributed by atoms with E-state index in [0.717, 1.165) is 12.1 Å². The first-order chi connectivity index (χ1) is 9.49. The van der Waals surface area contributed by atoms with Gasteiger partial charge in [0.1, 0.15) is 17.8 Å². The van der Waals surface area contributed by atoms with Crippen molar-refractivity contribution in [1.82, 2.24) is 19.7 Å². The zero-order valence-corrected chi connectivity index (χ0v) is 10.3. The van der Waals surface area contributed by atoms with E-state index < -0.39 is 17.4 Å². The molecule has 0 aliphatic heterocycles. The summed E-state index contributed by atoms with van der Waals surface area (Å²) < 4.78 is 28.0. The van der Waals surface area contributed by atoms with Gasteiger partial charge >= 0.3 is 0 Å². The third kappa shape index (κ3) is 1.65. The minimum atomic E-state index is -1.31. The van der Waals surface area contributed by atoms with Crippen LogP contribution in [-0.4, -0.2) is 24.9 Å². The molecular formula is C12H9F2N5O. The Morgan fingerprint density at radius 3 is 2.70 bits per heavy atom. The minimum Gasteiger partial charge on any atom is -0.505 e. The number of phenolic OH excluding ortho intramolecular Hbond substituents is 1. The summed E-state index contributed by atoms with van der Waals surface area (Å²) in [6, 6.07) is 2.01. The molecule has 3 aromatic rings. The molecule has 0 bridgehead atoms. The molecule has 2 heterocycles. The van der Waals surface area contributed by atoms with Crippen LogP contribution in [-0.2, 0) is 7.05 Å². The lowest BCUT2D eigenvalue weighted by Crippen LogP contribution is -1.95. The number of phenols is 1. The summed E-state index contributed by atoms with van der Waals surface area (Å²) in [6.07, 6.45) is 1.28. The summed E-state index contributed by atoms with van der Waals surface area (Å²) in [4.78, 5) is 7.88. The van der Waals surface area contributed by atoms with Crippen molar-refractivity contribution in [3.05, 3.63) is 30.1 Å². The first-order valence-corrected chi connectivity index (χ1v) is 5.60. The van der Waals surface area contributed by atoms with Gasteiger partial charge in [-0.15, -0.1) is 0 Å². The Hall–Kier alpha value is -2.77. The number of benzene rings is 1. The number of hydrogen-bond acceptors (Lipinski definition) is 5. The van der Waals surface area contributed by atoms with Crippen LogP contribution in [0.3, 0.4) is 0 Å². The lowest BCUT2D eigenvalue weighted by atomic mass is 10.1. The molecule has 0 unspecified atom stereocenters. The zero-order chi connectivity index (χ0) is 14.4. The van der Waals surface area contributed by atoms with E-state index in [4.69, 9.17) is 5.73 Å². The largest absolute Gasteiger partial charge is 0.505 e. The van der Waals surface area contributed by atoms with Crippen molar-refractivity contribution >= 4 is 16.9 Å². The van der Waals surface area contributed by atoms with E-state index in [0.29, 0.717) is 11.0 Å². The fourth-order valence-corrected chi connectivity index (χ4v) is 2.02. The first-order valence-electron chi connectivity index (χ1n) is 5.60. The molecule has 3 N–H and O–H groups in total. The van der Waals surface area contributed by atoms with Gasteiger partial charge in [0, 0.05) is 12.6 Å². The van der Waals surface area contributed by atoms with E-state index in [1.165, 1.54) is 11.0 Å². The van der Waals surface area contributed by atoms with E-state index >= 15 is 0 Å². The van der Waals surface area contributed by atoms with E-state index in [2.05, 4.69) is 15.1 Å². The molecule has 1 aromatic carbocycles. The number of halogens is 2. The molecule has 20 heavy (non-hydrogen) atoms. The van der Waals surface area contributed by atoms with E-state index in [1.54, 1.807) is 7.05 Å². The number of nitrogens with two attached hydrogens (primary N) is 1. The van der Waals surface area contributed by atoms with Gasteiger partial charge in [-0.2, -0.15) is 9.49 Å². The van der Waals surface area contributed by atoms with Gasteiger partial charge < -0.3 is 10.8 Å². The SMILES string of the molecule is Cn1nc(-c2cc(O)c(F)c(F)c2)c2c(N)ncnc21. The predicted octanol–water partition coefficient (Wildman–Crippen LogP) is 1.60. The van der Waals surface area contributed by atoms with Gasteiger partial charge in [0.25, 0.3) is 0 Å². The average Bonchev–Trinajstić information content (AvgIpc) is 2.75. The molecule has 0 amide bonds. The van der Waals surface area contributed by atoms with Gasteiger partial charge in [0.05, 0.1) is 5.39 Å². The number of aromatic hydroxyl groups is 1. The second-order valence-corrected chi connectivity index (χ2v) is 4.22. The Kier molecular flexibility index (Phi) is 2.53. The fourth-order valence-electron chi connectivity index (χ4n) is 2.02. The Balaban J connectivity index is 2.36. The fraction of sp³-hybridized carbons (Fsp3) is 0.0833. The van der Waals surface area contributed by atoms with Crippen molar-refractivity contribution in [2.75, 3.05) is 5.73 Å². The molecule has 0 saturated heterocycles. The maximum Gasteiger partial charge on any atom is 0.200 e. The highest BCUT2D eigenvalue weighted by atomic mass is 19.2. The van der Waals surface area contributed by atoms with Gasteiger partial charge in [-0.05, 0) is 12.1 Å². The molecule has 0 fully saturated rings. The number of nitrogen functional groups attached to an aromatic ring is 1. The predicted molar refractivity (Wildman–Crippen MR) is 67.7 cm³/mol. The van der Waals surface area contributed by atoms with E-state index in [1.807, 2.05) is 0 Å². The second-order valence-electron chi connectivity index (χ2n) is 4.22. The van der Waals surface area contributed by atoms with E-state index in [9.17, 15) is 13.9 Å². The zero-order valence-electron chi connectivity index (χ0n) is 10.3. The lowest BCUT2D eigenvalue weighted by Gasteiger charge is -2.02. The highest BCUT2D eigenvalue weighted by Crippen LogP contribution is 2.33. The number of nitrogens with zero attached hydrogens (tertiary/aromatic N) is 4. The van der Waals surface area contributed by atoms with Gasteiger partial charge in [-0.1, -0.05) is 0 Å². The third-order valence-electron chi connectivity index (χ3n) is 2.93. The Bertz CT molecular complexity index is 807. The number of hydrogen-bond donors (Lipinski definition) is 2. The number of fused-ring (bicyclic) bond motifs is 1. The summed E-state index contributed by atoms with van der Waals surface area (Å²) in [7, 11) is 1.64. The Morgan fingerprint density at radius 1 is 1.25 bits per heavy atom. The molecule has 0 aliphatic carbocycles. The van der Waals surface area contributed by atoms with Gasteiger partial charge in [0.15, 0.2) is 23.0 Å². The third-order valence-corrected chi connectivity index (χ3v) is 2.93. The Labute approximate surface area is 111 Å². The lowest BCUT2D eigenvalue weighted by molar-refractivity contribution is 0.407. The maximum atomic E-state index is 13.4. The van der Waals surface area contributed by atoms with Crippen LogP contribution in [0.25, 0.3) is 22.3 Å². The number of aromatic nitrogens is 4. The average molecular weight is 277 g/mol. The molecule has 0 aliphatic rings. The van der Waals surface area contributed by atoms with Crippen molar-refractivity contribution < 1.29 is 13.9 Å². The summed E-state index contributed by atoms with van der Waals surface area (Å²) >= 11 is 0. The molecule has 0 radical (unpaired) electrons. The van der Waals surface area contributed by atoms with Crippen LogP contribution in [0.5, 0.6) is 5.75 Å². The molecule has 102 valence electrons. The maximum absolute atomic E-state index is 13.4. The molecule has 0 atom stereocenters. The highest BCUT2D eigenvalue weighted by molar-refractivity contribution is 5.98. The Morgan fingerprint density at radius 2 is 2.00 bits per heavy atom. The van der Waals surface area contributed by atoms with Gasteiger partial charge in [0.2, 0.25) is 0 Å². The van der Waals surface area contributed by atoms with Crippen LogP contribution in [0.1, 0.15) is 0 Å². The monoisotopic (exact) mass is 277 g/mol. The van der Waals surface area contributed by atoms with Crippen LogP contribution in [0.2, 0.25) is 0 Å². The molecule has 2 aromatic heterocycles.